The van der Waals surface area contributed by atoms with Gasteiger partial charge in [-0.25, -0.2) is 4.79 Å². The van der Waals surface area contributed by atoms with Crippen LogP contribution in [-0.2, 0) is 9.68 Å². The maximum atomic E-state index is 12.2. The third kappa shape index (κ3) is 4.74. The van der Waals surface area contributed by atoms with Gasteiger partial charge in [0.2, 0.25) is 0 Å². The second-order valence-corrected chi connectivity index (χ2v) is 8.40. The van der Waals surface area contributed by atoms with E-state index in [0.29, 0.717) is 13.1 Å². The Morgan fingerprint density at radius 2 is 1.83 bits per heavy atom. The minimum Gasteiger partial charge on any atom is -0.388 e. The fraction of sp³-hybridized carbons (Fsp3) is 0.364. The first kappa shape index (κ1) is 19.8. The zero-order valence-corrected chi connectivity index (χ0v) is 17.5. The zero-order chi connectivity index (χ0) is 20.3. The molecular weight excluding hydrogens is 386 g/mol. The number of amides is 1. The molecule has 1 spiro atoms. The Balaban J connectivity index is 1.26. The van der Waals surface area contributed by atoms with Crippen LogP contribution in [0.15, 0.2) is 58.6 Å². The van der Waals surface area contributed by atoms with Crippen molar-refractivity contribution in [3.05, 3.63) is 59.7 Å². The number of benzene rings is 2. The smallest absolute Gasteiger partial charge is 0.388 e. The van der Waals surface area contributed by atoms with Gasteiger partial charge in [0.1, 0.15) is 5.60 Å². The molecule has 2 aromatic rings. The number of aryl methyl sites for hydroxylation is 1. The average Bonchev–Trinajstić information content (AvgIpc) is 3.15. The highest BCUT2D eigenvalue weighted by atomic mass is 32.2. The van der Waals surface area contributed by atoms with Crippen LogP contribution in [0, 0.1) is 6.92 Å². The fourth-order valence-electron chi connectivity index (χ4n) is 3.61. The van der Waals surface area contributed by atoms with E-state index in [2.05, 4.69) is 41.7 Å². The monoisotopic (exact) mass is 411 g/mol. The molecule has 29 heavy (non-hydrogen) atoms. The van der Waals surface area contributed by atoms with E-state index < -0.39 is 6.09 Å². The lowest BCUT2D eigenvalue weighted by atomic mass is 9.86. The van der Waals surface area contributed by atoms with E-state index in [-0.39, 0.29) is 5.60 Å². The van der Waals surface area contributed by atoms with Crippen LogP contribution in [0.2, 0.25) is 0 Å². The van der Waals surface area contributed by atoms with Crippen molar-refractivity contribution in [2.45, 2.75) is 36.7 Å². The number of thioether (sulfide) groups is 1. The molecule has 1 fully saturated rings. The van der Waals surface area contributed by atoms with Crippen molar-refractivity contribution in [3.63, 3.8) is 0 Å². The van der Waals surface area contributed by atoms with Gasteiger partial charge in [-0.3, -0.25) is 5.32 Å². The molecule has 1 amide bonds. The van der Waals surface area contributed by atoms with Crippen molar-refractivity contribution in [2.24, 2.45) is 5.16 Å². The second-order valence-electron chi connectivity index (χ2n) is 7.52. The topological polar surface area (TPSA) is 63.2 Å². The highest BCUT2D eigenvalue weighted by molar-refractivity contribution is 7.98. The quantitative estimate of drug-likeness (QED) is 0.730. The van der Waals surface area contributed by atoms with E-state index in [9.17, 15) is 4.79 Å². The number of piperidine rings is 1. The Bertz CT molecular complexity index is 889. The molecule has 1 saturated heterocycles. The highest BCUT2D eigenvalue weighted by Crippen LogP contribution is 2.36. The van der Waals surface area contributed by atoms with Crippen LogP contribution in [-0.4, -0.2) is 41.8 Å². The number of carbonyl (C=O) groups is 1. The highest BCUT2D eigenvalue weighted by Gasteiger charge is 2.43. The molecule has 0 radical (unpaired) electrons. The van der Waals surface area contributed by atoms with Gasteiger partial charge in [0.05, 0.1) is 5.71 Å². The number of oxime groups is 1. The Labute approximate surface area is 175 Å². The molecule has 7 heteroatoms. The number of hydrogen-bond donors (Lipinski definition) is 1. The third-order valence-corrected chi connectivity index (χ3v) is 6.15. The Morgan fingerprint density at radius 1 is 1.14 bits per heavy atom. The summed E-state index contributed by atoms with van der Waals surface area (Å²) in [6.07, 6.45) is 3.87. The van der Waals surface area contributed by atoms with Crippen LogP contribution in [0.3, 0.4) is 0 Å². The summed E-state index contributed by atoms with van der Waals surface area (Å²) in [5.74, 6) is 0. The number of nitrogens with one attached hydrogen (secondary N) is 1. The molecule has 1 N–H and O–H groups in total. The Hall–Kier alpha value is -2.51. The average molecular weight is 412 g/mol. The summed E-state index contributed by atoms with van der Waals surface area (Å²) in [5.41, 5.74) is 3.76. The molecule has 0 unspecified atom stereocenters. The number of anilines is 1. The predicted molar refractivity (Wildman–Crippen MR) is 115 cm³/mol. The molecule has 4 rings (SSSR count). The SMILES string of the molecule is CSc1ccc(NC(=O)ON2CCC3(CC2)CC(c2ccc(C)cc2)=NO3)cc1. The van der Waals surface area contributed by atoms with Crippen molar-refractivity contribution in [2.75, 3.05) is 24.7 Å². The van der Waals surface area contributed by atoms with Crippen molar-refractivity contribution in [1.29, 1.82) is 0 Å². The van der Waals surface area contributed by atoms with Crippen LogP contribution >= 0.6 is 11.8 Å². The van der Waals surface area contributed by atoms with Crippen LogP contribution in [0.5, 0.6) is 0 Å². The molecular formula is C22H25N3O3S. The summed E-state index contributed by atoms with van der Waals surface area (Å²) in [5, 5.41) is 8.81. The van der Waals surface area contributed by atoms with Gasteiger partial charge in [-0.05, 0) is 43.0 Å². The van der Waals surface area contributed by atoms with Crippen molar-refractivity contribution in [3.8, 4) is 0 Å². The van der Waals surface area contributed by atoms with Crippen molar-refractivity contribution in [1.82, 2.24) is 5.06 Å². The van der Waals surface area contributed by atoms with Gasteiger partial charge in [0, 0.05) is 42.9 Å². The first-order chi connectivity index (χ1) is 14.0. The molecule has 0 saturated carbocycles. The molecule has 0 aromatic heterocycles. The summed E-state index contributed by atoms with van der Waals surface area (Å²) >= 11 is 1.66. The van der Waals surface area contributed by atoms with Gasteiger partial charge in [-0.1, -0.05) is 35.0 Å². The minimum atomic E-state index is -0.471. The lowest BCUT2D eigenvalue weighted by Gasteiger charge is -2.35. The summed E-state index contributed by atoms with van der Waals surface area (Å²) in [4.78, 5) is 24.6. The van der Waals surface area contributed by atoms with Crippen LogP contribution in [0.1, 0.15) is 30.4 Å². The maximum Gasteiger partial charge on any atom is 0.430 e. The molecule has 2 heterocycles. The summed E-state index contributed by atoms with van der Waals surface area (Å²) < 4.78 is 0. The molecule has 0 aliphatic carbocycles. The fourth-order valence-corrected chi connectivity index (χ4v) is 4.02. The van der Waals surface area contributed by atoms with Gasteiger partial charge in [-0.15, -0.1) is 16.8 Å². The van der Waals surface area contributed by atoms with Crippen LogP contribution in [0.4, 0.5) is 10.5 Å². The number of rotatable bonds is 4. The van der Waals surface area contributed by atoms with Crippen molar-refractivity contribution < 1.29 is 14.5 Å². The lowest BCUT2D eigenvalue weighted by molar-refractivity contribution is -0.154. The summed E-state index contributed by atoms with van der Waals surface area (Å²) in [6.45, 7) is 3.31. The van der Waals surface area contributed by atoms with Gasteiger partial charge >= 0.3 is 6.09 Å². The molecule has 2 aliphatic rings. The van der Waals surface area contributed by atoms with Crippen LogP contribution in [0.25, 0.3) is 0 Å². The van der Waals surface area contributed by atoms with Gasteiger partial charge < -0.3 is 9.68 Å². The molecule has 152 valence electrons. The maximum absolute atomic E-state index is 12.2. The van der Waals surface area contributed by atoms with E-state index in [1.807, 2.05) is 30.5 Å². The van der Waals surface area contributed by atoms with E-state index in [1.54, 1.807) is 16.8 Å². The molecule has 0 bridgehead atoms. The summed E-state index contributed by atoms with van der Waals surface area (Å²) in [6, 6.07) is 16.0. The minimum absolute atomic E-state index is 0.287. The number of carbonyl (C=O) groups excluding carboxylic acids is 1. The third-order valence-electron chi connectivity index (χ3n) is 5.41. The van der Waals surface area contributed by atoms with Gasteiger partial charge in [0.15, 0.2) is 0 Å². The first-order valence-electron chi connectivity index (χ1n) is 9.75. The molecule has 6 nitrogen and oxygen atoms in total. The second kappa shape index (κ2) is 8.47. The largest absolute Gasteiger partial charge is 0.430 e. The van der Waals surface area contributed by atoms with Gasteiger partial charge in [0.25, 0.3) is 0 Å². The van der Waals surface area contributed by atoms with E-state index in [1.165, 1.54) is 5.56 Å². The normalized spacial score (nSPS) is 18.2. The molecule has 2 aromatic carbocycles. The van der Waals surface area contributed by atoms with Crippen molar-refractivity contribution >= 4 is 29.3 Å². The first-order valence-corrected chi connectivity index (χ1v) is 11.0. The lowest BCUT2D eigenvalue weighted by Crippen LogP contribution is -2.45. The number of hydrogen-bond acceptors (Lipinski definition) is 6. The summed E-state index contributed by atoms with van der Waals surface area (Å²) in [7, 11) is 0. The van der Waals surface area contributed by atoms with Gasteiger partial charge in [-0.2, -0.15) is 0 Å². The van der Waals surface area contributed by atoms with Crippen LogP contribution < -0.4 is 5.32 Å². The Morgan fingerprint density at radius 3 is 2.48 bits per heavy atom. The standard InChI is InChI=1S/C22H25N3O3S/c1-16-3-5-17(6-4-16)20-15-22(28-24-20)11-13-25(14-12-22)27-21(26)23-18-7-9-19(29-2)10-8-18/h3-10H,11-15H2,1-2H3,(H,23,26). The van der Waals surface area contributed by atoms with E-state index in [4.69, 9.17) is 9.68 Å². The predicted octanol–water partition coefficient (Wildman–Crippen LogP) is 4.84. The molecule has 0 atom stereocenters. The van der Waals surface area contributed by atoms with E-state index in [0.717, 1.165) is 41.1 Å². The zero-order valence-electron chi connectivity index (χ0n) is 16.7. The number of hydroxylamine groups is 2. The number of nitrogens with zero attached hydrogens (tertiary/aromatic N) is 2. The molecule has 2 aliphatic heterocycles. The Kier molecular flexibility index (Phi) is 5.78. The van der Waals surface area contributed by atoms with E-state index >= 15 is 0 Å².